The van der Waals surface area contributed by atoms with Crippen LogP contribution in [0.1, 0.15) is 0 Å². The maximum Gasteiger partial charge on any atom is 0.271 e. The molecular weight excluding hydrogens is 324 g/mol. The number of ether oxygens (including phenoxy) is 1. The molecule has 3 aromatic rings. The molecule has 2 heterocycles. The second-order valence-corrected chi connectivity index (χ2v) is 8.02. The molecule has 0 aliphatic carbocycles. The lowest BCUT2D eigenvalue weighted by Crippen LogP contribution is -2.22. The zero-order chi connectivity index (χ0) is 15.9. The van der Waals surface area contributed by atoms with Gasteiger partial charge in [0, 0.05) is 19.7 Å². The number of benzene rings is 1. The zero-order valence-electron chi connectivity index (χ0n) is 12.2. The summed E-state index contributed by atoms with van der Waals surface area (Å²) in [5, 5.41) is 4.11. The van der Waals surface area contributed by atoms with Crippen LogP contribution >= 0.6 is 11.3 Å². The summed E-state index contributed by atoms with van der Waals surface area (Å²) < 4.78 is 31.9. The lowest BCUT2D eigenvalue weighted by atomic mass is 10.1. The zero-order valence-corrected chi connectivity index (χ0v) is 13.8. The summed E-state index contributed by atoms with van der Waals surface area (Å²) in [6, 6.07) is 7.50. The number of fused-ring (bicyclic) bond motifs is 1. The number of methoxy groups -OCH3 is 1. The molecule has 0 spiro atoms. The van der Waals surface area contributed by atoms with E-state index in [0.29, 0.717) is 10.7 Å². The third-order valence-corrected chi connectivity index (χ3v) is 6.17. The SMILES string of the molecule is COc1cccc(-c2cn3nc(S(=O)(=O)N(C)C)sc3n2)c1. The van der Waals surface area contributed by atoms with Gasteiger partial charge in [0.05, 0.1) is 19.0 Å². The van der Waals surface area contributed by atoms with Crippen LogP contribution in [0.4, 0.5) is 0 Å². The average molecular weight is 338 g/mol. The van der Waals surface area contributed by atoms with Gasteiger partial charge in [-0.2, -0.15) is 0 Å². The van der Waals surface area contributed by atoms with Crippen molar-refractivity contribution in [3.63, 3.8) is 0 Å². The van der Waals surface area contributed by atoms with E-state index >= 15 is 0 Å². The van der Waals surface area contributed by atoms with Gasteiger partial charge in [-0.15, -0.1) is 5.10 Å². The van der Waals surface area contributed by atoms with Crippen molar-refractivity contribution in [2.45, 2.75) is 4.34 Å². The van der Waals surface area contributed by atoms with Crippen molar-refractivity contribution in [2.75, 3.05) is 21.2 Å². The van der Waals surface area contributed by atoms with Gasteiger partial charge >= 0.3 is 0 Å². The second-order valence-electron chi connectivity index (χ2n) is 4.74. The Kier molecular flexibility index (Phi) is 3.63. The van der Waals surface area contributed by atoms with Crippen LogP contribution in [0.3, 0.4) is 0 Å². The van der Waals surface area contributed by atoms with Gasteiger partial charge in [0.2, 0.25) is 9.30 Å². The highest BCUT2D eigenvalue weighted by atomic mass is 32.2. The number of sulfonamides is 1. The van der Waals surface area contributed by atoms with Gasteiger partial charge in [0.1, 0.15) is 5.75 Å². The monoisotopic (exact) mass is 338 g/mol. The molecule has 22 heavy (non-hydrogen) atoms. The van der Waals surface area contributed by atoms with Crippen LogP contribution in [0.2, 0.25) is 0 Å². The summed E-state index contributed by atoms with van der Waals surface area (Å²) in [7, 11) is 1.01. The van der Waals surface area contributed by atoms with E-state index in [1.165, 1.54) is 18.6 Å². The highest BCUT2D eigenvalue weighted by Crippen LogP contribution is 2.27. The lowest BCUT2D eigenvalue weighted by molar-refractivity contribution is 0.415. The van der Waals surface area contributed by atoms with Crippen LogP contribution in [0, 0.1) is 0 Å². The van der Waals surface area contributed by atoms with Crippen LogP contribution in [0.15, 0.2) is 34.8 Å². The van der Waals surface area contributed by atoms with E-state index in [2.05, 4.69) is 10.1 Å². The van der Waals surface area contributed by atoms with Crippen molar-refractivity contribution >= 4 is 26.3 Å². The van der Waals surface area contributed by atoms with E-state index in [4.69, 9.17) is 4.74 Å². The molecule has 0 unspecified atom stereocenters. The van der Waals surface area contributed by atoms with Crippen molar-refractivity contribution in [3.05, 3.63) is 30.5 Å². The summed E-state index contributed by atoms with van der Waals surface area (Å²) in [6.45, 7) is 0. The van der Waals surface area contributed by atoms with Gasteiger partial charge in [-0.05, 0) is 12.1 Å². The van der Waals surface area contributed by atoms with Crippen LogP contribution < -0.4 is 4.74 Å². The van der Waals surface area contributed by atoms with Crippen molar-refractivity contribution in [1.29, 1.82) is 0 Å². The molecule has 0 amide bonds. The summed E-state index contributed by atoms with van der Waals surface area (Å²) in [5.74, 6) is 0.734. The number of hydrogen-bond donors (Lipinski definition) is 0. The Bertz CT molecular complexity index is 896. The molecular formula is C13H14N4O3S2. The first kappa shape index (κ1) is 14.9. The number of rotatable bonds is 4. The topological polar surface area (TPSA) is 76.8 Å². The molecule has 0 saturated heterocycles. The maximum atomic E-state index is 12.1. The Morgan fingerprint density at radius 1 is 1.32 bits per heavy atom. The van der Waals surface area contributed by atoms with Crippen molar-refractivity contribution < 1.29 is 13.2 Å². The van der Waals surface area contributed by atoms with Crippen LogP contribution in [0.25, 0.3) is 16.2 Å². The fourth-order valence-electron chi connectivity index (χ4n) is 1.86. The van der Waals surface area contributed by atoms with Gasteiger partial charge in [0.25, 0.3) is 10.0 Å². The standard InChI is InChI=1S/C13H14N4O3S2/c1-16(2)22(18,19)13-15-17-8-11(14-12(17)21-13)9-5-4-6-10(7-9)20-3/h4-8H,1-3H3. The van der Waals surface area contributed by atoms with Crippen molar-refractivity contribution in [1.82, 2.24) is 18.9 Å². The van der Waals surface area contributed by atoms with Gasteiger partial charge in [-0.25, -0.2) is 22.2 Å². The fraction of sp³-hybridized carbons (Fsp3) is 0.231. The molecule has 0 fully saturated rings. The highest BCUT2D eigenvalue weighted by Gasteiger charge is 2.23. The predicted molar refractivity (Wildman–Crippen MR) is 83.7 cm³/mol. The Hall–Kier alpha value is -1.97. The molecule has 0 N–H and O–H groups in total. The van der Waals surface area contributed by atoms with E-state index in [-0.39, 0.29) is 4.34 Å². The molecule has 0 aliphatic heterocycles. The molecule has 0 radical (unpaired) electrons. The van der Waals surface area contributed by atoms with Crippen molar-refractivity contribution in [3.8, 4) is 17.0 Å². The van der Waals surface area contributed by atoms with E-state index in [9.17, 15) is 8.42 Å². The first-order valence-electron chi connectivity index (χ1n) is 6.35. The fourth-order valence-corrected chi connectivity index (χ4v) is 4.08. The van der Waals surface area contributed by atoms with E-state index in [0.717, 1.165) is 27.0 Å². The maximum absolute atomic E-state index is 12.1. The first-order chi connectivity index (χ1) is 10.4. The van der Waals surface area contributed by atoms with Crippen LogP contribution in [0.5, 0.6) is 5.75 Å². The molecule has 0 aliphatic rings. The van der Waals surface area contributed by atoms with Gasteiger partial charge in [0.15, 0.2) is 0 Å². The van der Waals surface area contributed by atoms with Gasteiger partial charge in [-0.1, -0.05) is 23.5 Å². The molecule has 0 saturated carbocycles. The van der Waals surface area contributed by atoms with Crippen LogP contribution in [-0.2, 0) is 10.0 Å². The van der Waals surface area contributed by atoms with Crippen molar-refractivity contribution in [2.24, 2.45) is 0 Å². The Labute approximate surface area is 131 Å². The van der Waals surface area contributed by atoms with E-state index in [1.54, 1.807) is 13.3 Å². The predicted octanol–water partition coefficient (Wildman–Crippen LogP) is 1.72. The molecule has 1 aromatic carbocycles. The lowest BCUT2D eigenvalue weighted by Gasteiger charge is -2.06. The highest BCUT2D eigenvalue weighted by molar-refractivity contribution is 7.91. The summed E-state index contributed by atoms with van der Waals surface area (Å²) in [5.41, 5.74) is 1.60. The molecule has 9 heteroatoms. The average Bonchev–Trinajstić information content (AvgIpc) is 3.06. The number of nitrogens with zero attached hydrogens (tertiary/aromatic N) is 4. The molecule has 0 atom stereocenters. The minimum absolute atomic E-state index is 0.0252. The smallest absolute Gasteiger partial charge is 0.271 e. The normalized spacial score (nSPS) is 12.2. The largest absolute Gasteiger partial charge is 0.497 e. The quantitative estimate of drug-likeness (QED) is 0.724. The summed E-state index contributed by atoms with van der Waals surface area (Å²) in [6.07, 6.45) is 1.70. The van der Waals surface area contributed by atoms with E-state index in [1.807, 2.05) is 24.3 Å². The molecule has 0 bridgehead atoms. The first-order valence-corrected chi connectivity index (χ1v) is 8.60. The van der Waals surface area contributed by atoms with Crippen LogP contribution in [-0.4, -0.2) is 48.5 Å². The van der Waals surface area contributed by atoms with E-state index < -0.39 is 10.0 Å². The Balaban J connectivity index is 2.04. The number of aromatic nitrogens is 3. The summed E-state index contributed by atoms with van der Waals surface area (Å²) in [4.78, 5) is 4.96. The third kappa shape index (κ3) is 2.47. The van der Waals surface area contributed by atoms with Gasteiger partial charge in [-0.3, -0.25) is 0 Å². The summed E-state index contributed by atoms with van der Waals surface area (Å²) >= 11 is 1.04. The molecule has 2 aromatic heterocycles. The number of hydrogen-bond acceptors (Lipinski definition) is 6. The second kappa shape index (κ2) is 5.34. The minimum atomic E-state index is -3.54. The molecule has 7 nitrogen and oxygen atoms in total. The Morgan fingerprint density at radius 2 is 2.09 bits per heavy atom. The third-order valence-electron chi connectivity index (χ3n) is 3.09. The van der Waals surface area contributed by atoms with Gasteiger partial charge < -0.3 is 4.74 Å². The molecule has 3 rings (SSSR count). The Morgan fingerprint density at radius 3 is 2.73 bits per heavy atom. The minimum Gasteiger partial charge on any atom is -0.497 e. The molecule has 116 valence electrons. The number of imidazole rings is 1.